The molecule has 0 fully saturated rings. The third kappa shape index (κ3) is 4.28. The fourth-order valence-corrected chi connectivity index (χ4v) is 5.86. The molecule has 14 heteroatoms. The number of fused-ring (bicyclic) bond motifs is 2. The van der Waals surface area contributed by atoms with Gasteiger partial charge in [0.1, 0.15) is 11.7 Å². The number of nitrogens with zero attached hydrogens (tertiary/aromatic N) is 2. The van der Waals surface area contributed by atoms with Crippen molar-refractivity contribution in [3.63, 3.8) is 0 Å². The van der Waals surface area contributed by atoms with Crippen molar-refractivity contribution in [3.8, 4) is 0 Å². The Morgan fingerprint density at radius 1 is 0.568 bits per heavy atom. The molecule has 37 heavy (non-hydrogen) atoms. The zero-order valence-corrected chi connectivity index (χ0v) is 24.0. The molecule has 0 spiro atoms. The van der Waals surface area contributed by atoms with Crippen LogP contribution in [0.5, 0.6) is 0 Å². The van der Waals surface area contributed by atoms with Crippen LogP contribution in [0.3, 0.4) is 0 Å². The highest BCUT2D eigenvalue weighted by molar-refractivity contribution is 6.56. The van der Waals surface area contributed by atoms with Crippen molar-refractivity contribution in [2.45, 2.75) is 6.92 Å². The molecule has 0 saturated heterocycles. The number of benzene rings is 3. The molecule has 2 N–H and O–H groups in total. The Morgan fingerprint density at radius 2 is 0.973 bits per heavy atom. The van der Waals surface area contributed by atoms with Crippen molar-refractivity contribution < 1.29 is 9.59 Å². The number of amides is 2. The summed E-state index contributed by atoms with van der Waals surface area (Å²) in [5, 5.41) is 5.20. The topological polar surface area (TPSA) is 82.9 Å². The molecule has 2 aliphatic rings. The summed E-state index contributed by atoms with van der Waals surface area (Å²) in [7, 11) is 0. The van der Waals surface area contributed by atoms with E-state index in [0.717, 1.165) is 5.56 Å². The lowest BCUT2D eigenvalue weighted by atomic mass is 10.1. The molecule has 0 unspecified atom stereocenters. The SMILES string of the molecule is Cc1ccc(N=C2NC(=O)c3c(Cl)c(Cl)c(Cl)c(Cl)c32)cc1N=C1NC(=O)c2c(Cl)c(Cl)c(Cl)c(Cl)c21. The number of aryl methyl sites for hydroxylation is 1. The van der Waals surface area contributed by atoms with Crippen molar-refractivity contribution >= 4 is 128 Å². The van der Waals surface area contributed by atoms with Gasteiger partial charge in [-0.05, 0) is 24.6 Å². The largest absolute Gasteiger partial charge is 0.306 e. The average Bonchev–Trinajstić information content (AvgIpc) is 3.36. The Hall–Kier alpha value is -1.74. The summed E-state index contributed by atoms with van der Waals surface area (Å²) < 4.78 is 0. The number of carbonyl (C=O) groups excluding carboxylic acids is 2. The lowest BCUT2D eigenvalue weighted by Crippen LogP contribution is -2.21. The van der Waals surface area contributed by atoms with Crippen LogP contribution in [0, 0.1) is 6.92 Å². The molecule has 0 atom stereocenters. The van der Waals surface area contributed by atoms with Gasteiger partial charge in [0, 0.05) is 0 Å². The third-order valence-electron chi connectivity index (χ3n) is 5.59. The summed E-state index contributed by atoms with van der Waals surface area (Å²) in [6.07, 6.45) is 0. The number of carbonyl (C=O) groups is 2. The molecule has 0 radical (unpaired) electrons. The second-order valence-corrected chi connectivity index (χ2v) is 10.8. The molecule has 3 aromatic carbocycles. The van der Waals surface area contributed by atoms with Crippen LogP contribution in [0.4, 0.5) is 11.4 Å². The molecule has 0 aliphatic carbocycles. The quantitative estimate of drug-likeness (QED) is 0.214. The van der Waals surface area contributed by atoms with E-state index in [2.05, 4.69) is 20.6 Å². The smallest absolute Gasteiger partial charge is 0.259 e. The van der Waals surface area contributed by atoms with E-state index in [1.807, 2.05) is 6.92 Å². The van der Waals surface area contributed by atoms with Crippen LogP contribution in [0.15, 0.2) is 28.2 Å². The minimum Gasteiger partial charge on any atom is -0.306 e. The number of hydrogen-bond donors (Lipinski definition) is 2. The van der Waals surface area contributed by atoms with Gasteiger partial charge in [0.15, 0.2) is 0 Å². The molecule has 2 aliphatic heterocycles. The van der Waals surface area contributed by atoms with Gasteiger partial charge >= 0.3 is 0 Å². The van der Waals surface area contributed by atoms with Gasteiger partial charge in [-0.15, -0.1) is 0 Å². The normalized spacial score (nSPS) is 16.4. The number of hydrogen-bond acceptors (Lipinski definition) is 4. The molecule has 0 saturated carbocycles. The molecular formula is C23H8Cl8N4O2. The number of aliphatic imine (C=N–C) groups is 2. The van der Waals surface area contributed by atoms with Crippen LogP contribution < -0.4 is 10.6 Å². The Balaban J connectivity index is 1.63. The molecule has 5 rings (SSSR count). The van der Waals surface area contributed by atoms with E-state index in [4.69, 9.17) is 92.8 Å². The summed E-state index contributed by atoms with van der Waals surface area (Å²) in [6.45, 7) is 1.81. The third-order valence-corrected chi connectivity index (χ3v) is 9.20. The van der Waals surface area contributed by atoms with Crippen molar-refractivity contribution in [1.82, 2.24) is 10.6 Å². The summed E-state index contributed by atoms with van der Waals surface area (Å²) in [5.41, 5.74) is 2.17. The van der Waals surface area contributed by atoms with Gasteiger partial charge in [-0.1, -0.05) is 98.9 Å². The zero-order valence-electron chi connectivity index (χ0n) is 18.0. The maximum Gasteiger partial charge on any atom is 0.259 e. The van der Waals surface area contributed by atoms with Gasteiger partial charge < -0.3 is 10.6 Å². The first-order valence-corrected chi connectivity index (χ1v) is 13.1. The molecule has 0 aromatic heterocycles. The van der Waals surface area contributed by atoms with Gasteiger partial charge in [0.25, 0.3) is 11.8 Å². The molecule has 6 nitrogen and oxygen atoms in total. The van der Waals surface area contributed by atoms with Gasteiger partial charge in [0.2, 0.25) is 0 Å². The molecular weight excluding hydrogens is 648 g/mol. The van der Waals surface area contributed by atoms with E-state index in [9.17, 15) is 9.59 Å². The summed E-state index contributed by atoms with van der Waals surface area (Å²) >= 11 is 49.8. The fourth-order valence-electron chi connectivity index (χ4n) is 3.80. The van der Waals surface area contributed by atoms with E-state index < -0.39 is 11.8 Å². The summed E-state index contributed by atoms with van der Waals surface area (Å²) in [6, 6.07) is 5.08. The van der Waals surface area contributed by atoms with Gasteiger partial charge in [-0.3, -0.25) is 9.59 Å². The lowest BCUT2D eigenvalue weighted by molar-refractivity contribution is 0.0975. The van der Waals surface area contributed by atoms with Crippen LogP contribution in [0.2, 0.25) is 40.2 Å². The van der Waals surface area contributed by atoms with Crippen LogP contribution in [-0.2, 0) is 0 Å². The van der Waals surface area contributed by atoms with E-state index >= 15 is 0 Å². The number of nitrogens with one attached hydrogen (secondary N) is 2. The summed E-state index contributed by atoms with van der Waals surface area (Å²) in [5.74, 6) is -0.794. The molecule has 2 amide bonds. The first kappa shape index (κ1) is 26.9. The van der Waals surface area contributed by atoms with Gasteiger partial charge in [0.05, 0.1) is 73.8 Å². The number of amidine groups is 2. The lowest BCUT2D eigenvalue weighted by Gasteiger charge is -2.09. The predicted octanol–water partition coefficient (Wildman–Crippen LogP) is 8.87. The molecule has 2 heterocycles. The fraction of sp³-hybridized carbons (Fsp3) is 0.0435. The average molecular weight is 656 g/mol. The molecule has 0 bridgehead atoms. The Morgan fingerprint density at radius 3 is 1.43 bits per heavy atom. The number of rotatable bonds is 2. The second kappa shape index (κ2) is 9.78. The Labute approximate surface area is 249 Å². The maximum atomic E-state index is 12.6. The first-order valence-electron chi connectivity index (χ1n) is 10.1. The first-order chi connectivity index (χ1) is 17.4. The van der Waals surface area contributed by atoms with E-state index in [0.29, 0.717) is 11.4 Å². The Kier molecular flexibility index (Phi) is 7.10. The van der Waals surface area contributed by atoms with Crippen LogP contribution >= 0.6 is 92.8 Å². The monoisotopic (exact) mass is 652 g/mol. The minimum absolute atomic E-state index is 0.00176. The van der Waals surface area contributed by atoms with Crippen molar-refractivity contribution in [2.75, 3.05) is 0 Å². The highest BCUT2D eigenvalue weighted by atomic mass is 35.5. The van der Waals surface area contributed by atoms with E-state index in [1.54, 1.807) is 18.2 Å². The summed E-state index contributed by atoms with van der Waals surface area (Å²) in [4.78, 5) is 34.3. The van der Waals surface area contributed by atoms with E-state index in [1.165, 1.54) is 0 Å². The zero-order chi connectivity index (χ0) is 26.9. The van der Waals surface area contributed by atoms with Crippen molar-refractivity contribution in [1.29, 1.82) is 0 Å². The molecule has 188 valence electrons. The highest BCUT2D eigenvalue weighted by Crippen LogP contribution is 2.45. The van der Waals surface area contributed by atoms with Crippen LogP contribution in [0.25, 0.3) is 0 Å². The number of halogens is 8. The second-order valence-electron chi connectivity index (χ2n) is 7.81. The van der Waals surface area contributed by atoms with Gasteiger partial charge in [-0.25, -0.2) is 9.98 Å². The maximum absolute atomic E-state index is 12.6. The minimum atomic E-state index is -0.529. The van der Waals surface area contributed by atoms with Crippen LogP contribution in [-0.4, -0.2) is 23.5 Å². The predicted molar refractivity (Wildman–Crippen MR) is 151 cm³/mol. The highest BCUT2D eigenvalue weighted by Gasteiger charge is 2.35. The van der Waals surface area contributed by atoms with Crippen molar-refractivity contribution in [2.24, 2.45) is 9.98 Å². The van der Waals surface area contributed by atoms with Gasteiger partial charge in [-0.2, -0.15) is 0 Å². The Bertz CT molecular complexity index is 1670. The van der Waals surface area contributed by atoms with Crippen LogP contribution in [0.1, 0.15) is 37.4 Å². The van der Waals surface area contributed by atoms with E-state index in [-0.39, 0.29) is 74.1 Å². The molecule has 3 aromatic rings. The van der Waals surface area contributed by atoms with Crippen molar-refractivity contribution in [3.05, 3.63) is 86.2 Å². The standard InChI is InChI=1S/C23H8Cl8N4O2/c1-5-2-3-6(32-20-8-10(22(36)34-20)14(26)18(30)16(28)12(8)24)4-7(5)33-21-9-11(23(37)35-21)15(27)19(31)17(29)13(9)25/h2-4H,1H3,(H,32,34,36)(H,33,35,37).